The number of fused-ring (bicyclic) bond motifs is 1. The molecule has 1 aliphatic carbocycles. The van der Waals surface area contributed by atoms with Crippen molar-refractivity contribution in [2.45, 2.75) is 50.9 Å². The number of halogens is 1. The first kappa shape index (κ1) is 22.0. The molecule has 0 aliphatic heterocycles. The van der Waals surface area contributed by atoms with Gasteiger partial charge < -0.3 is 15.2 Å². The molecule has 30 heavy (non-hydrogen) atoms. The molecular weight excluding hydrogens is 458 g/mol. The maximum atomic E-state index is 10.5. The molecule has 0 bridgehead atoms. The molecule has 2 unspecified atom stereocenters. The Morgan fingerprint density at radius 1 is 1.17 bits per heavy atom. The van der Waals surface area contributed by atoms with Crippen molar-refractivity contribution in [3.8, 4) is 0 Å². The van der Waals surface area contributed by atoms with Gasteiger partial charge in [0.15, 0.2) is 0 Å². The number of thiophene rings is 1. The average Bonchev–Trinajstić information content (AvgIpc) is 3.47. The fourth-order valence-electron chi connectivity index (χ4n) is 3.92. The predicted molar refractivity (Wildman–Crippen MR) is 129 cm³/mol. The summed E-state index contributed by atoms with van der Waals surface area (Å²) in [6.07, 6.45) is 2.92. The summed E-state index contributed by atoms with van der Waals surface area (Å²) in [4.78, 5) is 1.25. The van der Waals surface area contributed by atoms with Crippen LogP contribution in [0, 0.1) is 5.92 Å². The molecule has 0 radical (unpaired) electrons. The van der Waals surface area contributed by atoms with Crippen molar-refractivity contribution >= 4 is 38.0 Å². The van der Waals surface area contributed by atoms with E-state index in [-0.39, 0.29) is 11.6 Å². The summed E-state index contributed by atoms with van der Waals surface area (Å²) in [6, 6.07) is 17.2. The Morgan fingerprint density at radius 2 is 1.93 bits per heavy atom. The fraction of sp³-hybridized carbons (Fsp3) is 0.440. The van der Waals surface area contributed by atoms with Gasteiger partial charge in [-0.15, -0.1) is 11.3 Å². The monoisotopic (exact) mass is 487 g/mol. The summed E-state index contributed by atoms with van der Waals surface area (Å²) in [7, 11) is 0. The van der Waals surface area contributed by atoms with Crippen LogP contribution in [-0.2, 0) is 11.2 Å². The molecule has 0 spiro atoms. The van der Waals surface area contributed by atoms with Gasteiger partial charge in [-0.05, 0) is 77.4 Å². The van der Waals surface area contributed by atoms with E-state index in [0.717, 1.165) is 10.9 Å². The zero-order chi connectivity index (χ0) is 21.1. The highest BCUT2D eigenvalue weighted by Crippen LogP contribution is 2.45. The van der Waals surface area contributed by atoms with E-state index >= 15 is 0 Å². The number of rotatable bonds is 10. The largest absolute Gasteiger partial charge is 0.389 e. The molecule has 1 heterocycles. The standard InChI is InChI=1S/C25H30BrNO2S/c1-25(2,13-17-7-8-18-5-3-4-6-20(18)11-17)27-14-22(28)15-29-24(19-9-10-19)23-12-21(26)16-30-23/h3-8,11-12,16,19,22,24,27-28H,9-10,13-15H2,1-2H3. The third-order valence-corrected chi connectivity index (χ3v) is 7.42. The third kappa shape index (κ3) is 5.92. The van der Waals surface area contributed by atoms with Crippen molar-refractivity contribution in [2.24, 2.45) is 5.92 Å². The van der Waals surface area contributed by atoms with Gasteiger partial charge in [-0.1, -0.05) is 42.5 Å². The second-order valence-corrected chi connectivity index (χ2v) is 10.9. The third-order valence-electron chi connectivity index (χ3n) is 5.66. The van der Waals surface area contributed by atoms with Gasteiger partial charge in [-0.25, -0.2) is 0 Å². The SMILES string of the molecule is CC(C)(Cc1ccc2ccccc2c1)NCC(O)COC(c1cc(Br)cs1)C1CC1. The highest BCUT2D eigenvalue weighted by atomic mass is 79.9. The van der Waals surface area contributed by atoms with E-state index in [1.165, 1.54) is 34.1 Å². The first-order valence-corrected chi connectivity index (χ1v) is 12.3. The summed E-state index contributed by atoms with van der Waals surface area (Å²) in [6.45, 7) is 5.25. The van der Waals surface area contributed by atoms with Crippen molar-refractivity contribution in [2.75, 3.05) is 13.2 Å². The molecule has 2 N–H and O–H groups in total. The molecule has 5 heteroatoms. The molecule has 1 aliphatic rings. The number of ether oxygens (including phenoxy) is 1. The number of hydrogen-bond donors (Lipinski definition) is 2. The number of benzene rings is 2. The molecule has 2 aromatic carbocycles. The van der Waals surface area contributed by atoms with Crippen LogP contribution in [0.4, 0.5) is 0 Å². The topological polar surface area (TPSA) is 41.5 Å². The Hall–Kier alpha value is -1.24. The van der Waals surface area contributed by atoms with Gasteiger partial charge >= 0.3 is 0 Å². The first-order chi connectivity index (χ1) is 14.4. The van der Waals surface area contributed by atoms with Crippen LogP contribution in [0.1, 0.15) is 43.2 Å². The number of β-amino-alcohol motifs (C(OH)–C–C–N with tert-alkyl or cyclic N) is 1. The van der Waals surface area contributed by atoms with Gasteiger partial charge in [-0.2, -0.15) is 0 Å². The lowest BCUT2D eigenvalue weighted by Gasteiger charge is -2.28. The van der Waals surface area contributed by atoms with E-state index in [2.05, 4.69) is 89.0 Å². The van der Waals surface area contributed by atoms with E-state index in [1.54, 1.807) is 11.3 Å². The van der Waals surface area contributed by atoms with Crippen molar-refractivity contribution < 1.29 is 9.84 Å². The Morgan fingerprint density at radius 3 is 2.63 bits per heavy atom. The maximum Gasteiger partial charge on any atom is 0.0946 e. The van der Waals surface area contributed by atoms with Gasteiger partial charge in [-0.3, -0.25) is 0 Å². The molecule has 4 rings (SSSR count). The smallest absolute Gasteiger partial charge is 0.0946 e. The fourth-order valence-corrected chi connectivity index (χ4v) is 5.50. The van der Waals surface area contributed by atoms with E-state index in [0.29, 0.717) is 19.1 Å². The summed E-state index contributed by atoms with van der Waals surface area (Å²) in [5, 5.41) is 18.7. The first-order valence-electron chi connectivity index (χ1n) is 10.7. The van der Waals surface area contributed by atoms with Crippen molar-refractivity contribution in [1.29, 1.82) is 0 Å². The van der Waals surface area contributed by atoms with Crippen molar-refractivity contribution in [1.82, 2.24) is 5.32 Å². The number of aliphatic hydroxyl groups excluding tert-OH is 1. The molecular formula is C25H30BrNO2S. The molecule has 1 saturated carbocycles. The number of hydrogen-bond acceptors (Lipinski definition) is 4. The molecule has 0 amide bonds. The van der Waals surface area contributed by atoms with Crippen LogP contribution in [0.5, 0.6) is 0 Å². The summed E-state index contributed by atoms with van der Waals surface area (Å²) < 4.78 is 7.26. The Kier molecular flexibility index (Phi) is 6.95. The molecule has 2 atom stereocenters. The second-order valence-electron chi connectivity index (χ2n) is 9.04. The van der Waals surface area contributed by atoms with Gasteiger partial charge in [0.25, 0.3) is 0 Å². The van der Waals surface area contributed by atoms with Crippen molar-refractivity contribution in [3.05, 3.63) is 68.8 Å². The molecule has 3 aromatic rings. The average molecular weight is 488 g/mol. The maximum absolute atomic E-state index is 10.5. The molecule has 1 fully saturated rings. The van der Waals surface area contributed by atoms with E-state index in [9.17, 15) is 5.11 Å². The highest BCUT2D eigenvalue weighted by Gasteiger charge is 2.34. The van der Waals surface area contributed by atoms with Gasteiger partial charge in [0.1, 0.15) is 0 Å². The lowest BCUT2D eigenvalue weighted by Crippen LogP contribution is -2.46. The van der Waals surface area contributed by atoms with Crippen LogP contribution in [0.15, 0.2) is 58.4 Å². The Bertz CT molecular complexity index is 982. The zero-order valence-corrected chi connectivity index (χ0v) is 20.0. The minimum absolute atomic E-state index is 0.113. The van der Waals surface area contributed by atoms with Crippen LogP contribution in [0.3, 0.4) is 0 Å². The van der Waals surface area contributed by atoms with E-state index in [1.807, 2.05) is 0 Å². The van der Waals surface area contributed by atoms with Crippen LogP contribution in [0.2, 0.25) is 0 Å². The molecule has 3 nitrogen and oxygen atoms in total. The van der Waals surface area contributed by atoms with Gasteiger partial charge in [0.05, 0.1) is 18.8 Å². The zero-order valence-electron chi connectivity index (χ0n) is 17.6. The van der Waals surface area contributed by atoms with Crippen LogP contribution in [-0.4, -0.2) is 29.9 Å². The Labute approximate surface area is 191 Å². The summed E-state index contributed by atoms with van der Waals surface area (Å²) >= 11 is 5.26. The number of aliphatic hydroxyl groups is 1. The summed E-state index contributed by atoms with van der Waals surface area (Å²) in [5.41, 5.74) is 1.19. The van der Waals surface area contributed by atoms with Crippen molar-refractivity contribution in [3.63, 3.8) is 0 Å². The molecule has 0 saturated heterocycles. The minimum Gasteiger partial charge on any atom is -0.389 e. The minimum atomic E-state index is -0.523. The Balaban J connectivity index is 1.28. The lowest BCUT2D eigenvalue weighted by molar-refractivity contribution is -0.0196. The lowest BCUT2D eigenvalue weighted by atomic mass is 9.93. The highest BCUT2D eigenvalue weighted by molar-refractivity contribution is 9.10. The van der Waals surface area contributed by atoms with Crippen LogP contribution in [0.25, 0.3) is 10.8 Å². The van der Waals surface area contributed by atoms with E-state index < -0.39 is 6.10 Å². The molecule has 160 valence electrons. The van der Waals surface area contributed by atoms with E-state index in [4.69, 9.17) is 4.74 Å². The van der Waals surface area contributed by atoms with Crippen LogP contribution >= 0.6 is 27.3 Å². The van der Waals surface area contributed by atoms with Crippen LogP contribution < -0.4 is 5.32 Å². The normalized spacial score (nSPS) is 16.7. The quantitative estimate of drug-likeness (QED) is 0.362. The number of nitrogens with one attached hydrogen (secondary N) is 1. The predicted octanol–water partition coefficient (Wildman–Crippen LogP) is 6.10. The second kappa shape index (κ2) is 9.49. The summed E-state index contributed by atoms with van der Waals surface area (Å²) in [5.74, 6) is 0.597. The van der Waals surface area contributed by atoms with Gasteiger partial charge in [0, 0.05) is 26.8 Å². The van der Waals surface area contributed by atoms with Gasteiger partial charge in [0.2, 0.25) is 0 Å². The molecule has 1 aromatic heterocycles.